The fourth-order valence-corrected chi connectivity index (χ4v) is 1.68. The summed E-state index contributed by atoms with van der Waals surface area (Å²) >= 11 is 3.33. The van der Waals surface area contributed by atoms with Gasteiger partial charge in [-0.25, -0.2) is 9.37 Å². The average molecular weight is 292 g/mol. The molecule has 3 nitrogen and oxygen atoms in total. The first-order valence-electron chi connectivity index (χ1n) is 4.78. The number of nitrogens with one attached hydrogen (secondary N) is 1. The Morgan fingerprint density at radius 2 is 2.18 bits per heavy atom. The van der Waals surface area contributed by atoms with Gasteiger partial charge in [-0.15, -0.1) is 0 Å². The van der Waals surface area contributed by atoms with Gasteiger partial charge in [-0.3, -0.25) is 0 Å². The highest BCUT2D eigenvalue weighted by Crippen LogP contribution is 2.25. The number of aromatic nitrogens is 1. The maximum atomic E-state index is 12.9. The Kier molecular flexibility index (Phi) is 3.35. The van der Waals surface area contributed by atoms with Gasteiger partial charge in [0.2, 0.25) is 0 Å². The summed E-state index contributed by atoms with van der Waals surface area (Å²) in [5.74, 6) is 0.141. The van der Waals surface area contributed by atoms with Crippen molar-refractivity contribution in [3.8, 4) is 6.07 Å². The number of rotatable bonds is 2. The molecular weight excluding hydrogens is 285 g/mol. The van der Waals surface area contributed by atoms with E-state index in [1.807, 2.05) is 12.1 Å². The zero-order valence-corrected chi connectivity index (χ0v) is 10.2. The number of nitriles is 1. The van der Waals surface area contributed by atoms with E-state index in [4.69, 9.17) is 5.26 Å². The largest absolute Gasteiger partial charge is 0.338 e. The zero-order valence-electron chi connectivity index (χ0n) is 8.61. The number of anilines is 2. The van der Waals surface area contributed by atoms with Crippen molar-refractivity contribution < 1.29 is 4.39 Å². The summed E-state index contributed by atoms with van der Waals surface area (Å²) in [5, 5.41) is 11.9. The highest BCUT2D eigenvalue weighted by Gasteiger charge is 2.06. The molecule has 84 valence electrons. The quantitative estimate of drug-likeness (QED) is 0.920. The third kappa shape index (κ3) is 2.60. The van der Waals surface area contributed by atoms with E-state index < -0.39 is 5.82 Å². The second-order valence-electron chi connectivity index (χ2n) is 3.26. The molecule has 17 heavy (non-hydrogen) atoms. The SMILES string of the molecule is N#Cc1cc(F)ccc1Nc1ncccc1Br. The first kappa shape index (κ1) is 11.6. The van der Waals surface area contributed by atoms with Gasteiger partial charge in [-0.1, -0.05) is 0 Å². The van der Waals surface area contributed by atoms with Crippen LogP contribution < -0.4 is 5.32 Å². The summed E-state index contributed by atoms with van der Waals surface area (Å²) in [7, 11) is 0. The van der Waals surface area contributed by atoms with Gasteiger partial charge in [-0.05, 0) is 46.3 Å². The molecule has 0 aliphatic heterocycles. The van der Waals surface area contributed by atoms with Gasteiger partial charge < -0.3 is 5.32 Å². The van der Waals surface area contributed by atoms with Crippen LogP contribution in [0, 0.1) is 17.1 Å². The molecule has 0 atom stereocenters. The van der Waals surface area contributed by atoms with Crippen LogP contribution in [0.4, 0.5) is 15.9 Å². The predicted octanol–water partition coefficient (Wildman–Crippen LogP) is 3.60. The monoisotopic (exact) mass is 291 g/mol. The van der Waals surface area contributed by atoms with E-state index >= 15 is 0 Å². The van der Waals surface area contributed by atoms with Crippen molar-refractivity contribution in [3.05, 3.63) is 52.4 Å². The molecule has 0 spiro atoms. The lowest BCUT2D eigenvalue weighted by Gasteiger charge is -2.08. The maximum absolute atomic E-state index is 12.9. The number of benzene rings is 1. The van der Waals surface area contributed by atoms with E-state index in [0.29, 0.717) is 11.5 Å². The Balaban J connectivity index is 2.37. The van der Waals surface area contributed by atoms with Gasteiger partial charge in [0.15, 0.2) is 0 Å². The second kappa shape index (κ2) is 4.93. The lowest BCUT2D eigenvalue weighted by Crippen LogP contribution is -1.97. The summed E-state index contributed by atoms with van der Waals surface area (Å²) in [6, 6.07) is 9.52. The third-order valence-corrected chi connectivity index (χ3v) is 2.75. The lowest BCUT2D eigenvalue weighted by molar-refractivity contribution is 0.627. The molecule has 2 aromatic rings. The molecule has 0 bridgehead atoms. The van der Waals surface area contributed by atoms with Gasteiger partial charge >= 0.3 is 0 Å². The van der Waals surface area contributed by atoms with Crippen LogP contribution >= 0.6 is 15.9 Å². The van der Waals surface area contributed by atoms with Gasteiger partial charge in [0.1, 0.15) is 17.7 Å². The normalized spacial score (nSPS) is 9.71. The number of hydrogen-bond acceptors (Lipinski definition) is 3. The summed E-state index contributed by atoms with van der Waals surface area (Å²) in [6.45, 7) is 0. The Morgan fingerprint density at radius 1 is 1.35 bits per heavy atom. The first-order chi connectivity index (χ1) is 8.20. The summed E-state index contributed by atoms with van der Waals surface area (Å²) in [5.41, 5.74) is 0.760. The molecule has 0 fully saturated rings. The Morgan fingerprint density at radius 3 is 2.88 bits per heavy atom. The Labute approximate surface area is 106 Å². The topological polar surface area (TPSA) is 48.7 Å². The van der Waals surface area contributed by atoms with Gasteiger partial charge in [0.05, 0.1) is 15.7 Å². The minimum Gasteiger partial charge on any atom is -0.338 e. The minimum absolute atomic E-state index is 0.238. The molecular formula is C12H7BrFN3. The molecule has 1 N–H and O–H groups in total. The Hall–Kier alpha value is -1.93. The van der Waals surface area contributed by atoms with Crippen molar-refractivity contribution in [2.24, 2.45) is 0 Å². The number of nitrogens with zero attached hydrogens (tertiary/aromatic N) is 2. The lowest BCUT2D eigenvalue weighted by atomic mass is 10.2. The van der Waals surface area contributed by atoms with Crippen molar-refractivity contribution in [2.75, 3.05) is 5.32 Å². The number of pyridine rings is 1. The molecule has 0 aliphatic carbocycles. The molecule has 0 aliphatic rings. The molecule has 0 saturated heterocycles. The Bertz CT molecular complexity index is 593. The molecule has 2 rings (SSSR count). The van der Waals surface area contributed by atoms with E-state index in [1.165, 1.54) is 18.2 Å². The van der Waals surface area contributed by atoms with Crippen LogP contribution in [0.5, 0.6) is 0 Å². The van der Waals surface area contributed by atoms with E-state index in [0.717, 1.165) is 4.47 Å². The standard InChI is InChI=1S/C12H7BrFN3/c13-10-2-1-5-16-12(10)17-11-4-3-9(14)6-8(11)7-15/h1-6H,(H,16,17). The van der Waals surface area contributed by atoms with Gasteiger partial charge in [-0.2, -0.15) is 5.26 Å². The maximum Gasteiger partial charge on any atom is 0.144 e. The summed E-state index contributed by atoms with van der Waals surface area (Å²) < 4.78 is 13.7. The van der Waals surface area contributed by atoms with Crippen LogP contribution in [-0.2, 0) is 0 Å². The van der Waals surface area contributed by atoms with Crippen LogP contribution in [0.1, 0.15) is 5.56 Å². The molecule has 0 amide bonds. The minimum atomic E-state index is -0.438. The third-order valence-electron chi connectivity index (χ3n) is 2.11. The fourth-order valence-electron chi connectivity index (χ4n) is 1.32. The van der Waals surface area contributed by atoms with E-state index in [9.17, 15) is 4.39 Å². The number of hydrogen-bond donors (Lipinski definition) is 1. The van der Waals surface area contributed by atoms with Crippen LogP contribution in [0.15, 0.2) is 41.0 Å². The zero-order chi connectivity index (χ0) is 12.3. The number of halogens is 2. The fraction of sp³-hybridized carbons (Fsp3) is 0. The van der Waals surface area contributed by atoms with Crippen molar-refractivity contribution in [1.29, 1.82) is 5.26 Å². The van der Waals surface area contributed by atoms with Crippen molar-refractivity contribution in [3.63, 3.8) is 0 Å². The van der Waals surface area contributed by atoms with Crippen molar-refractivity contribution in [1.82, 2.24) is 4.98 Å². The average Bonchev–Trinajstić information content (AvgIpc) is 2.34. The van der Waals surface area contributed by atoms with E-state index in [2.05, 4.69) is 26.2 Å². The molecule has 5 heteroatoms. The summed E-state index contributed by atoms with van der Waals surface area (Å²) in [4.78, 5) is 4.11. The van der Waals surface area contributed by atoms with Gasteiger partial charge in [0.25, 0.3) is 0 Å². The first-order valence-corrected chi connectivity index (χ1v) is 5.57. The van der Waals surface area contributed by atoms with Crippen LogP contribution in [-0.4, -0.2) is 4.98 Å². The highest BCUT2D eigenvalue weighted by molar-refractivity contribution is 9.10. The van der Waals surface area contributed by atoms with E-state index in [1.54, 1.807) is 12.3 Å². The van der Waals surface area contributed by atoms with Gasteiger partial charge in [0, 0.05) is 6.20 Å². The molecule has 0 unspecified atom stereocenters. The second-order valence-corrected chi connectivity index (χ2v) is 4.11. The molecule has 0 radical (unpaired) electrons. The molecule has 1 heterocycles. The van der Waals surface area contributed by atoms with Crippen LogP contribution in [0.25, 0.3) is 0 Å². The van der Waals surface area contributed by atoms with Crippen molar-refractivity contribution >= 4 is 27.4 Å². The predicted molar refractivity (Wildman–Crippen MR) is 66.3 cm³/mol. The summed E-state index contributed by atoms with van der Waals surface area (Å²) in [6.07, 6.45) is 1.63. The molecule has 1 aromatic heterocycles. The van der Waals surface area contributed by atoms with Crippen LogP contribution in [0.2, 0.25) is 0 Å². The van der Waals surface area contributed by atoms with Crippen LogP contribution in [0.3, 0.4) is 0 Å². The smallest absolute Gasteiger partial charge is 0.144 e. The molecule has 0 saturated carbocycles. The van der Waals surface area contributed by atoms with Crippen molar-refractivity contribution in [2.45, 2.75) is 0 Å². The molecule has 1 aromatic carbocycles. The highest BCUT2D eigenvalue weighted by atomic mass is 79.9. The van der Waals surface area contributed by atoms with E-state index in [-0.39, 0.29) is 5.56 Å².